The van der Waals surface area contributed by atoms with Crippen LogP contribution in [0, 0.1) is 5.82 Å². The Morgan fingerprint density at radius 2 is 1.95 bits per heavy atom. The molecule has 1 fully saturated rings. The van der Waals surface area contributed by atoms with Crippen molar-refractivity contribution in [1.29, 1.82) is 0 Å². The largest absolute Gasteiger partial charge is 0.377 e. The molecule has 0 amide bonds. The zero-order chi connectivity index (χ0) is 28.8. The van der Waals surface area contributed by atoms with Gasteiger partial charge < -0.3 is 15.0 Å². The number of nitrogens with one attached hydrogen (secondary N) is 1. The molecule has 2 unspecified atom stereocenters. The second kappa shape index (κ2) is 13.1. The van der Waals surface area contributed by atoms with Crippen LogP contribution in [0.25, 0.3) is 11.3 Å². The van der Waals surface area contributed by atoms with Crippen LogP contribution in [0.15, 0.2) is 103 Å². The van der Waals surface area contributed by atoms with Crippen LogP contribution in [0.4, 0.5) is 10.3 Å². The van der Waals surface area contributed by atoms with Crippen LogP contribution in [-0.2, 0) is 4.74 Å². The highest BCUT2D eigenvalue weighted by Gasteiger charge is 2.22. The Balaban J connectivity index is 1.42. The third-order valence-electron chi connectivity index (χ3n) is 7.51. The molecule has 7 heteroatoms. The molecule has 1 aromatic heterocycles. The molecule has 41 heavy (non-hydrogen) atoms. The molecule has 2 atom stereocenters. The maximum atomic E-state index is 13.8. The number of anilines is 1. The molecule has 6 nitrogen and oxygen atoms in total. The van der Waals surface area contributed by atoms with E-state index >= 15 is 0 Å². The van der Waals surface area contributed by atoms with Crippen LogP contribution in [-0.4, -0.2) is 52.6 Å². The Labute approximate surface area is 242 Å². The number of halogens is 1. The van der Waals surface area contributed by atoms with E-state index in [0.29, 0.717) is 12.1 Å². The number of rotatable bonds is 10. The van der Waals surface area contributed by atoms with Crippen molar-refractivity contribution in [3.63, 3.8) is 0 Å². The predicted octanol–water partition coefficient (Wildman–Crippen LogP) is 7.06. The topological polar surface area (TPSA) is 53.5 Å². The minimum Gasteiger partial charge on any atom is -0.377 e. The van der Waals surface area contributed by atoms with Crippen molar-refractivity contribution in [1.82, 2.24) is 19.8 Å². The lowest BCUT2D eigenvalue weighted by Crippen LogP contribution is -2.31. The Morgan fingerprint density at radius 1 is 1.17 bits per heavy atom. The number of aromatic nitrogens is 2. The fourth-order valence-corrected chi connectivity index (χ4v) is 5.34. The van der Waals surface area contributed by atoms with Crippen molar-refractivity contribution >= 4 is 17.2 Å². The molecule has 5 rings (SSSR count). The Bertz CT molecular complexity index is 1440. The molecule has 3 heterocycles. The van der Waals surface area contributed by atoms with Gasteiger partial charge >= 0.3 is 0 Å². The van der Waals surface area contributed by atoms with Crippen LogP contribution < -0.4 is 5.32 Å². The van der Waals surface area contributed by atoms with E-state index in [1.807, 2.05) is 37.4 Å². The molecule has 3 aromatic rings. The molecule has 2 aliphatic rings. The zero-order valence-corrected chi connectivity index (χ0v) is 24.1. The highest BCUT2D eigenvalue weighted by atomic mass is 19.1. The summed E-state index contributed by atoms with van der Waals surface area (Å²) < 4.78 is 19.6. The summed E-state index contributed by atoms with van der Waals surface area (Å²) >= 11 is 0. The van der Waals surface area contributed by atoms with Gasteiger partial charge in [0.2, 0.25) is 5.95 Å². The first-order valence-electron chi connectivity index (χ1n) is 14.2. The number of ether oxygens (including phenoxy) is 1. The van der Waals surface area contributed by atoms with Gasteiger partial charge in [0.1, 0.15) is 5.82 Å². The number of allylic oxidation sites excluding steroid dienone is 2. The van der Waals surface area contributed by atoms with Crippen molar-refractivity contribution in [3.8, 4) is 0 Å². The maximum Gasteiger partial charge on any atom is 0.223 e. The van der Waals surface area contributed by atoms with Gasteiger partial charge in [0, 0.05) is 37.8 Å². The van der Waals surface area contributed by atoms with Crippen molar-refractivity contribution in [2.24, 2.45) is 0 Å². The van der Waals surface area contributed by atoms with Crippen LogP contribution in [0.1, 0.15) is 49.6 Å². The summed E-state index contributed by atoms with van der Waals surface area (Å²) in [4.78, 5) is 13.8. The number of hydrogen-bond acceptors (Lipinski definition) is 6. The SMILES string of the molecule is C=C1C=C(CN(C)CC2CCCO2)C=CN1/C(=C(\C)c1ccc(F)cc1)c1ccnc(NC(C)c2ccccc2)n1. The monoisotopic (exact) mass is 551 g/mol. The number of hydrogen-bond donors (Lipinski definition) is 1. The lowest BCUT2D eigenvalue weighted by Gasteiger charge is -2.30. The van der Waals surface area contributed by atoms with E-state index in [1.165, 1.54) is 17.7 Å². The molecule has 1 N–H and O–H groups in total. The van der Waals surface area contributed by atoms with E-state index in [0.717, 1.165) is 66.3 Å². The Morgan fingerprint density at radius 3 is 2.66 bits per heavy atom. The molecule has 212 valence electrons. The predicted molar refractivity (Wildman–Crippen MR) is 164 cm³/mol. The molecule has 2 aliphatic heterocycles. The van der Waals surface area contributed by atoms with Gasteiger partial charge in [-0.3, -0.25) is 4.90 Å². The Hall–Kier alpha value is -4.07. The third kappa shape index (κ3) is 7.17. The zero-order valence-electron chi connectivity index (χ0n) is 24.1. The average molecular weight is 552 g/mol. The summed E-state index contributed by atoms with van der Waals surface area (Å²) in [7, 11) is 2.13. The van der Waals surface area contributed by atoms with Crippen molar-refractivity contribution in [2.45, 2.75) is 38.8 Å². The van der Waals surface area contributed by atoms with Crippen molar-refractivity contribution in [2.75, 3.05) is 32.1 Å². The molecule has 0 radical (unpaired) electrons. The van der Waals surface area contributed by atoms with Gasteiger partial charge in [0.15, 0.2) is 0 Å². The van der Waals surface area contributed by atoms with Crippen molar-refractivity contribution in [3.05, 3.63) is 126 Å². The summed E-state index contributed by atoms with van der Waals surface area (Å²) in [5.41, 5.74) is 6.60. The Kier molecular flexibility index (Phi) is 9.07. The lowest BCUT2D eigenvalue weighted by molar-refractivity contribution is 0.0838. The first kappa shape index (κ1) is 28.5. The normalized spacial score (nSPS) is 18.4. The van der Waals surface area contributed by atoms with Gasteiger partial charge in [0.25, 0.3) is 0 Å². The molecule has 0 spiro atoms. The van der Waals surface area contributed by atoms with Crippen LogP contribution >= 0.6 is 0 Å². The third-order valence-corrected chi connectivity index (χ3v) is 7.51. The highest BCUT2D eigenvalue weighted by molar-refractivity contribution is 5.89. The van der Waals surface area contributed by atoms with E-state index in [-0.39, 0.29) is 11.9 Å². The molecule has 0 aliphatic carbocycles. The van der Waals surface area contributed by atoms with E-state index in [2.05, 4.69) is 64.9 Å². The van der Waals surface area contributed by atoms with Gasteiger partial charge in [-0.05, 0) is 86.4 Å². The summed E-state index contributed by atoms with van der Waals surface area (Å²) in [6.45, 7) is 11.1. The van der Waals surface area contributed by atoms with Crippen LogP contribution in [0.2, 0.25) is 0 Å². The molecule has 1 saturated heterocycles. The summed E-state index contributed by atoms with van der Waals surface area (Å²) in [5.74, 6) is 0.260. The number of nitrogens with zero attached hydrogens (tertiary/aromatic N) is 4. The van der Waals surface area contributed by atoms with Gasteiger partial charge in [-0.2, -0.15) is 0 Å². The summed E-state index contributed by atoms with van der Waals surface area (Å²) in [6, 6.07) is 18.7. The van der Waals surface area contributed by atoms with E-state index in [4.69, 9.17) is 9.72 Å². The fraction of sp³-hybridized carbons (Fsp3) is 0.294. The molecular formula is C34H38FN5O. The second-order valence-electron chi connectivity index (χ2n) is 10.8. The second-order valence-corrected chi connectivity index (χ2v) is 10.8. The summed E-state index contributed by atoms with van der Waals surface area (Å²) in [5, 5.41) is 3.43. The number of benzene rings is 2. The molecule has 2 aromatic carbocycles. The highest BCUT2D eigenvalue weighted by Crippen LogP contribution is 2.34. The molecule has 0 bridgehead atoms. The van der Waals surface area contributed by atoms with Gasteiger partial charge in [-0.25, -0.2) is 14.4 Å². The fourth-order valence-electron chi connectivity index (χ4n) is 5.34. The lowest BCUT2D eigenvalue weighted by atomic mass is 10.0. The van der Waals surface area contributed by atoms with Gasteiger partial charge in [-0.15, -0.1) is 0 Å². The standard InChI is InChI=1S/C34H38FN5O/c1-24-21-27(22-39(4)23-31-11-8-20-41-31)17-19-40(24)33(25(2)28-12-14-30(35)15-13-28)32-16-18-36-34(38-32)37-26(3)29-9-6-5-7-10-29/h5-7,9-10,12-19,21,26,31H,1,8,11,20,22-23H2,2-4H3,(H,36,37,38)/b33-25+. The average Bonchev–Trinajstić information content (AvgIpc) is 3.48. The molecule has 0 saturated carbocycles. The first-order chi connectivity index (χ1) is 19.9. The maximum absolute atomic E-state index is 13.8. The smallest absolute Gasteiger partial charge is 0.223 e. The molecular weight excluding hydrogens is 513 g/mol. The van der Waals surface area contributed by atoms with Crippen LogP contribution in [0.3, 0.4) is 0 Å². The minimum atomic E-state index is -0.270. The van der Waals surface area contributed by atoms with Crippen molar-refractivity contribution < 1.29 is 9.13 Å². The van der Waals surface area contributed by atoms with E-state index in [1.54, 1.807) is 18.3 Å². The van der Waals surface area contributed by atoms with Gasteiger partial charge in [0.05, 0.1) is 23.5 Å². The van der Waals surface area contributed by atoms with Crippen LogP contribution in [0.5, 0.6) is 0 Å². The van der Waals surface area contributed by atoms with E-state index in [9.17, 15) is 4.39 Å². The first-order valence-corrected chi connectivity index (χ1v) is 14.2. The minimum absolute atomic E-state index is 0.0269. The van der Waals surface area contributed by atoms with E-state index < -0.39 is 0 Å². The number of likely N-dealkylation sites (N-methyl/N-ethyl adjacent to an activating group) is 1. The quantitative estimate of drug-likeness (QED) is 0.291. The summed E-state index contributed by atoms with van der Waals surface area (Å²) in [6.07, 6.45) is 10.6. The van der Waals surface area contributed by atoms with Gasteiger partial charge in [-0.1, -0.05) is 49.0 Å².